The van der Waals surface area contributed by atoms with Crippen molar-refractivity contribution in [1.29, 1.82) is 0 Å². The molecule has 1 aliphatic carbocycles. The Balaban J connectivity index is 1.85. The van der Waals surface area contributed by atoms with E-state index in [0.29, 0.717) is 44.7 Å². The Labute approximate surface area is 129 Å². The SMILES string of the molecule is CCCCOCCOCCOCCC1CC(C)CCC1=O. The molecule has 0 heterocycles. The van der Waals surface area contributed by atoms with Gasteiger partial charge in [-0.15, -0.1) is 0 Å². The number of hydrogen-bond donors (Lipinski definition) is 0. The lowest BCUT2D eigenvalue weighted by atomic mass is 9.80. The summed E-state index contributed by atoms with van der Waals surface area (Å²) in [5.41, 5.74) is 0. The molecular weight excluding hydrogens is 268 g/mol. The van der Waals surface area contributed by atoms with Crippen LogP contribution in [-0.2, 0) is 19.0 Å². The van der Waals surface area contributed by atoms with Crippen molar-refractivity contribution in [3.8, 4) is 0 Å². The summed E-state index contributed by atoms with van der Waals surface area (Å²) < 4.78 is 16.4. The number of carbonyl (C=O) groups is 1. The van der Waals surface area contributed by atoms with Crippen LogP contribution in [0.1, 0.15) is 52.4 Å². The van der Waals surface area contributed by atoms with Crippen LogP contribution in [0.5, 0.6) is 0 Å². The maximum Gasteiger partial charge on any atom is 0.136 e. The fourth-order valence-electron chi connectivity index (χ4n) is 2.62. The van der Waals surface area contributed by atoms with Crippen LogP contribution in [0.2, 0.25) is 0 Å². The predicted octanol–water partition coefficient (Wildman–Crippen LogP) is 3.23. The summed E-state index contributed by atoms with van der Waals surface area (Å²) in [5.74, 6) is 1.34. The van der Waals surface area contributed by atoms with Gasteiger partial charge in [0, 0.05) is 25.6 Å². The Morgan fingerprint density at radius 1 is 1.00 bits per heavy atom. The van der Waals surface area contributed by atoms with Crippen molar-refractivity contribution >= 4 is 5.78 Å². The van der Waals surface area contributed by atoms with Crippen molar-refractivity contribution in [2.24, 2.45) is 11.8 Å². The number of rotatable bonds is 12. The summed E-state index contributed by atoms with van der Waals surface area (Å²) in [6, 6.07) is 0. The number of Topliss-reactive ketones (excluding diaryl/α,β-unsaturated/α-hetero) is 1. The molecule has 4 nitrogen and oxygen atoms in total. The molecule has 1 fully saturated rings. The Bertz CT molecular complexity index is 268. The molecule has 0 aromatic heterocycles. The summed E-state index contributed by atoms with van der Waals surface area (Å²) in [7, 11) is 0. The Hall–Kier alpha value is -0.450. The van der Waals surface area contributed by atoms with Crippen LogP contribution in [0.3, 0.4) is 0 Å². The number of unbranched alkanes of at least 4 members (excludes halogenated alkanes) is 1. The molecule has 0 amide bonds. The van der Waals surface area contributed by atoms with Crippen molar-refractivity contribution in [3.63, 3.8) is 0 Å². The van der Waals surface area contributed by atoms with Gasteiger partial charge in [0.1, 0.15) is 5.78 Å². The first kappa shape index (κ1) is 18.6. The van der Waals surface area contributed by atoms with Crippen LogP contribution < -0.4 is 0 Å². The summed E-state index contributed by atoms with van der Waals surface area (Å²) in [4.78, 5) is 11.8. The minimum atomic E-state index is 0.224. The number of hydrogen-bond acceptors (Lipinski definition) is 4. The maximum atomic E-state index is 11.8. The molecule has 2 atom stereocenters. The van der Waals surface area contributed by atoms with Gasteiger partial charge in [0.15, 0.2) is 0 Å². The van der Waals surface area contributed by atoms with Gasteiger partial charge in [-0.25, -0.2) is 0 Å². The van der Waals surface area contributed by atoms with Crippen molar-refractivity contribution in [1.82, 2.24) is 0 Å². The van der Waals surface area contributed by atoms with Crippen LogP contribution in [0.15, 0.2) is 0 Å². The first-order valence-electron chi connectivity index (χ1n) is 8.50. The summed E-state index contributed by atoms with van der Waals surface area (Å²) in [5, 5.41) is 0. The monoisotopic (exact) mass is 300 g/mol. The zero-order valence-electron chi connectivity index (χ0n) is 13.8. The first-order chi connectivity index (χ1) is 10.2. The second kappa shape index (κ2) is 12.1. The van der Waals surface area contributed by atoms with Gasteiger partial charge in [-0.05, 0) is 31.6 Å². The van der Waals surface area contributed by atoms with Crippen molar-refractivity contribution < 1.29 is 19.0 Å². The van der Waals surface area contributed by atoms with Crippen LogP contribution in [0, 0.1) is 11.8 Å². The lowest BCUT2D eigenvalue weighted by Gasteiger charge is -2.25. The smallest absolute Gasteiger partial charge is 0.136 e. The third-order valence-corrected chi connectivity index (χ3v) is 4.02. The van der Waals surface area contributed by atoms with Crippen LogP contribution in [0.25, 0.3) is 0 Å². The number of ketones is 1. The van der Waals surface area contributed by atoms with E-state index in [4.69, 9.17) is 14.2 Å². The van der Waals surface area contributed by atoms with E-state index < -0.39 is 0 Å². The van der Waals surface area contributed by atoms with Gasteiger partial charge in [0.05, 0.1) is 26.4 Å². The van der Waals surface area contributed by atoms with Gasteiger partial charge in [-0.1, -0.05) is 20.3 Å². The molecule has 2 unspecified atom stereocenters. The minimum Gasteiger partial charge on any atom is -0.379 e. The highest BCUT2D eigenvalue weighted by molar-refractivity contribution is 5.81. The van der Waals surface area contributed by atoms with Crippen molar-refractivity contribution in [2.75, 3.05) is 39.6 Å². The number of ether oxygens (including phenoxy) is 3. The van der Waals surface area contributed by atoms with E-state index in [-0.39, 0.29) is 5.92 Å². The summed E-state index contributed by atoms with van der Waals surface area (Å²) in [6.45, 7) is 8.37. The second-order valence-corrected chi connectivity index (χ2v) is 6.02. The first-order valence-corrected chi connectivity index (χ1v) is 8.50. The predicted molar refractivity (Wildman–Crippen MR) is 83.5 cm³/mol. The molecule has 1 saturated carbocycles. The quantitative estimate of drug-likeness (QED) is 0.519. The molecule has 0 aliphatic heterocycles. The van der Waals surface area contributed by atoms with Gasteiger partial charge >= 0.3 is 0 Å². The molecule has 0 aromatic rings. The van der Waals surface area contributed by atoms with E-state index >= 15 is 0 Å². The number of carbonyl (C=O) groups excluding carboxylic acids is 1. The molecule has 1 rings (SSSR count). The Kier molecular flexibility index (Phi) is 10.7. The van der Waals surface area contributed by atoms with E-state index in [2.05, 4.69) is 13.8 Å². The Morgan fingerprint density at radius 2 is 1.62 bits per heavy atom. The molecule has 0 saturated heterocycles. The molecule has 21 heavy (non-hydrogen) atoms. The molecular formula is C17H32O4. The molecule has 0 spiro atoms. The molecule has 0 aromatic carbocycles. The molecule has 0 bridgehead atoms. The third kappa shape index (κ3) is 9.22. The molecule has 1 aliphatic rings. The highest BCUT2D eigenvalue weighted by Crippen LogP contribution is 2.27. The van der Waals surface area contributed by atoms with E-state index in [1.807, 2.05) is 0 Å². The highest BCUT2D eigenvalue weighted by atomic mass is 16.5. The topological polar surface area (TPSA) is 44.8 Å². The van der Waals surface area contributed by atoms with Crippen molar-refractivity contribution in [3.05, 3.63) is 0 Å². The fraction of sp³-hybridized carbons (Fsp3) is 0.941. The normalized spacial score (nSPS) is 22.7. The zero-order valence-corrected chi connectivity index (χ0v) is 13.8. The lowest BCUT2D eigenvalue weighted by molar-refractivity contribution is -0.126. The summed E-state index contributed by atoms with van der Waals surface area (Å²) in [6.07, 6.45) is 5.99. The standard InChI is InChI=1S/C17H32O4/c1-3-4-8-19-10-12-21-13-11-20-9-7-16-14-15(2)5-6-17(16)18/h15-16H,3-14H2,1-2H3. The van der Waals surface area contributed by atoms with Gasteiger partial charge in [-0.2, -0.15) is 0 Å². The van der Waals surface area contributed by atoms with E-state index in [9.17, 15) is 4.79 Å². The third-order valence-electron chi connectivity index (χ3n) is 4.02. The second-order valence-electron chi connectivity index (χ2n) is 6.02. The van der Waals surface area contributed by atoms with Gasteiger partial charge in [0.2, 0.25) is 0 Å². The average Bonchev–Trinajstić information content (AvgIpc) is 2.48. The van der Waals surface area contributed by atoms with Crippen LogP contribution in [0.4, 0.5) is 0 Å². The average molecular weight is 300 g/mol. The van der Waals surface area contributed by atoms with E-state index in [1.54, 1.807) is 0 Å². The lowest BCUT2D eigenvalue weighted by Crippen LogP contribution is -2.25. The van der Waals surface area contributed by atoms with Crippen LogP contribution in [-0.4, -0.2) is 45.4 Å². The highest BCUT2D eigenvalue weighted by Gasteiger charge is 2.25. The molecule has 4 heteroatoms. The molecule has 0 radical (unpaired) electrons. The Morgan fingerprint density at radius 3 is 2.29 bits per heavy atom. The van der Waals surface area contributed by atoms with Crippen molar-refractivity contribution in [2.45, 2.75) is 52.4 Å². The van der Waals surface area contributed by atoms with Gasteiger partial charge < -0.3 is 14.2 Å². The largest absolute Gasteiger partial charge is 0.379 e. The van der Waals surface area contributed by atoms with Gasteiger partial charge in [-0.3, -0.25) is 4.79 Å². The summed E-state index contributed by atoms with van der Waals surface area (Å²) >= 11 is 0. The minimum absolute atomic E-state index is 0.224. The van der Waals surface area contributed by atoms with E-state index in [1.165, 1.54) is 0 Å². The fourth-order valence-corrected chi connectivity index (χ4v) is 2.62. The van der Waals surface area contributed by atoms with Gasteiger partial charge in [0.25, 0.3) is 0 Å². The maximum absolute atomic E-state index is 11.8. The van der Waals surface area contributed by atoms with Crippen LogP contribution >= 0.6 is 0 Å². The van der Waals surface area contributed by atoms with E-state index in [0.717, 1.165) is 45.1 Å². The molecule has 0 N–H and O–H groups in total. The zero-order chi connectivity index (χ0) is 15.3. The molecule has 124 valence electrons.